The number of unbranched alkanes of at least 4 members (excludes halogenated alkanes) is 3. The lowest BCUT2D eigenvalue weighted by Gasteiger charge is -2.14. The number of aromatic carboxylic acids is 1. The number of carboxylic acid groups (broad SMARTS) is 1. The second-order valence-corrected chi connectivity index (χ2v) is 7.95. The number of furan rings is 1. The van der Waals surface area contributed by atoms with Crippen molar-refractivity contribution in [2.45, 2.75) is 45.6 Å². The summed E-state index contributed by atoms with van der Waals surface area (Å²) in [4.78, 5) is 23.2. The molecular weight excluding hydrogens is 420 g/mol. The molecule has 0 aliphatic carbocycles. The first-order valence-electron chi connectivity index (χ1n) is 11.1. The van der Waals surface area contributed by atoms with Crippen molar-refractivity contribution in [3.63, 3.8) is 0 Å². The lowest BCUT2D eigenvalue weighted by molar-refractivity contribution is -0.257. The summed E-state index contributed by atoms with van der Waals surface area (Å²) in [6.45, 7) is 2.21. The molecule has 0 amide bonds. The molecule has 6 heteroatoms. The van der Waals surface area contributed by atoms with Crippen LogP contribution in [0.4, 0.5) is 0 Å². The Morgan fingerprint density at radius 3 is 2.52 bits per heavy atom. The maximum atomic E-state index is 12.3. The lowest BCUT2D eigenvalue weighted by Crippen LogP contribution is -2.21. The molecule has 0 radical (unpaired) electrons. The minimum Gasteiger partial charge on any atom is -0.542 e. The molecule has 2 heterocycles. The first-order valence-corrected chi connectivity index (χ1v) is 11.1. The Hall–Kier alpha value is -3.80. The Kier molecular flexibility index (Phi) is 6.93. The van der Waals surface area contributed by atoms with Crippen molar-refractivity contribution in [3.8, 4) is 16.9 Å². The molecule has 2 aromatic heterocycles. The lowest BCUT2D eigenvalue weighted by atomic mass is 9.98. The van der Waals surface area contributed by atoms with Crippen LogP contribution in [0.1, 0.15) is 54.5 Å². The number of carbonyl (C=O) groups is 1. The van der Waals surface area contributed by atoms with Crippen LogP contribution < -0.4 is 15.5 Å². The average Bonchev–Trinajstić information content (AvgIpc) is 3.30. The van der Waals surface area contributed by atoms with Crippen LogP contribution in [-0.2, 0) is 13.0 Å². The second kappa shape index (κ2) is 10.2. The van der Waals surface area contributed by atoms with Gasteiger partial charge in [-0.2, -0.15) is 0 Å². The van der Waals surface area contributed by atoms with E-state index in [9.17, 15) is 14.7 Å². The number of ether oxygens (including phenoxy) is 1. The summed E-state index contributed by atoms with van der Waals surface area (Å²) in [5.74, 6) is -0.673. The van der Waals surface area contributed by atoms with Gasteiger partial charge in [0, 0.05) is 17.5 Å². The van der Waals surface area contributed by atoms with E-state index < -0.39 is 11.6 Å². The number of carbonyl (C=O) groups excluding carboxylic acids is 1. The predicted molar refractivity (Wildman–Crippen MR) is 123 cm³/mol. The molecule has 0 aliphatic rings. The fourth-order valence-corrected chi connectivity index (χ4v) is 3.88. The number of hydrogen-bond donors (Lipinski definition) is 0. The number of aryl methyl sites for hydroxylation is 1. The van der Waals surface area contributed by atoms with Crippen molar-refractivity contribution in [1.29, 1.82) is 0 Å². The van der Waals surface area contributed by atoms with Crippen molar-refractivity contribution < 1.29 is 23.5 Å². The number of rotatable bonds is 10. The number of carboxylic acids is 1. The number of hydrogen-bond acceptors (Lipinski definition) is 6. The van der Waals surface area contributed by atoms with Crippen LogP contribution in [0.3, 0.4) is 0 Å². The van der Waals surface area contributed by atoms with Gasteiger partial charge in [-0.15, -0.1) is 0 Å². The van der Waals surface area contributed by atoms with Crippen LogP contribution in [0.25, 0.3) is 22.1 Å². The first-order chi connectivity index (χ1) is 16.0. The molecule has 0 spiro atoms. The largest absolute Gasteiger partial charge is 0.542 e. The zero-order valence-corrected chi connectivity index (χ0v) is 18.5. The van der Waals surface area contributed by atoms with Gasteiger partial charge in [-0.1, -0.05) is 56.5 Å². The Balaban J connectivity index is 1.71. The topological polar surface area (TPSA) is 92.7 Å². The van der Waals surface area contributed by atoms with Gasteiger partial charge in [0.1, 0.15) is 35.4 Å². The monoisotopic (exact) mass is 445 g/mol. The molecule has 33 heavy (non-hydrogen) atoms. The van der Waals surface area contributed by atoms with Crippen LogP contribution in [0.15, 0.2) is 74.3 Å². The van der Waals surface area contributed by atoms with Gasteiger partial charge in [-0.05, 0) is 47.7 Å². The van der Waals surface area contributed by atoms with E-state index in [0.29, 0.717) is 17.1 Å². The van der Waals surface area contributed by atoms with Crippen LogP contribution in [-0.4, -0.2) is 5.97 Å². The second-order valence-electron chi connectivity index (χ2n) is 7.95. The first kappa shape index (κ1) is 22.4. The molecule has 0 unspecified atom stereocenters. The van der Waals surface area contributed by atoms with Gasteiger partial charge in [0.15, 0.2) is 0 Å². The molecule has 4 rings (SSSR count). The van der Waals surface area contributed by atoms with E-state index in [-0.39, 0.29) is 12.4 Å². The molecule has 0 atom stereocenters. The fourth-order valence-electron chi connectivity index (χ4n) is 3.88. The summed E-state index contributed by atoms with van der Waals surface area (Å²) in [5.41, 5.74) is 2.74. The SMILES string of the molecule is CCCCCCc1cc2c(-c3ccccc3)cc(=O)oc2cc1OCc1ccc(C(=O)[O-])o1. The minimum atomic E-state index is -1.38. The van der Waals surface area contributed by atoms with E-state index in [0.717, 1.165) is 54.2 Å². The van der Waals surface area contributed by atoms with Crippen LogP contribution in [0.5, 0.6) is 5.75 Å². The summed E-state index contributed by atoms with van der Waals surface area (Å²) < 4.78 is 16.7. The van der Waals surface area contributed by atoms with E-state index in [1.54, 1.807) is 12.1 Å². The molecule has 6 nitrogen and oxygen atoms in total. The summed E-state index contributed by atoms with van der Waals surface area (Å²) >= 11 is 0. The molecule has 2 aromatic carbocycles. The molecule has 0 saturated carbocycles. The van der Waals surface area contributed by atoms with Crippen LogP contribution >= 0.6 is 0 Å². The third-order valence-corrected chi connectivity index (χ3v) is 5.54. The standard InChI is InChI=1S/C27H26O6/c1-2-3-4-6-11-19-14-22-21(18-9-7-5-8-10-18)15-26(28)33-25(22)16-24(19)31-17-20-12-13-23(32-20)27(29)30/h5,7-10,12-16H,2-4,6,11,17H2,1H3,(H,29,30)/p-1. The van der Waals surface area contributed by atoms with Crippen molar-refractivity contribution >= 4 is 16.9 Å². The van der Waals surface area contributed by atoms with E-state index in [4.69, 9.17) is 13.6 Å². The average molecular weight is 445 g/mol. The molecule has 0 bridgehead atoms. The third-order valence-electron chi connectivity index (χ3n) is 5.54. The van der Waals surface area contributed by atoms with E-state index in [2.05, 4.69) is 6.92 Å². The summed E-state index contributed by atoms with van der Waals surface area (Å²) in [6, 6.07) is 17.9. The van der Waals surface area contributed by atoms with Gasteiger partial charge in [0.05, 0.1) is 0 Å². The maximum absolute atomic E-state index is 12.3. The molecule has 0 saturated heterocycles. The molecule has 0 fully saturated rings. The number of benzene rings is 2. The van der Waals surface area contributed by atoms with E-state index in [1.807, 2.05) is 36.4 Å². The van der Waals surface area contributed by atoms with Gasteiger partial charge >= 0.3 is 5.63 Å². The Bertz CT molecular complexity index is 1300. The van der Waals surface area contributed by atoms with Crippen molar-refractivity contribution in [2.24, 2.45) is 0 Å². The molecular formula is C27H25O6-. The van der Waals surface area contributed by atoms with Crippen molar-refractivity contribution in [2.75, 3.05) is 0 Å². The quantitative estimate of drug-likeness (QED) is 0.249. The van der Waals surface area contributed by atoms with Gasteiger partial charge in [-0.3, -0.25) is 0 Å². The highest BCUT2D eigenvalue weighted by Gasteiger charge is 2.14. The predicted octanol–water partition coefficient (Wildman–Crippen LogP) is 5.12. The van der Waals surface area contributed by atoms with Crippen molar-refractivity contribution in [3.05, 3.63) is 88.2 Å². The normalized spacial score (nSPS) is 11.1. The highest BCUT2D eigenvalue weighted by Crippen LogP contribution is 2.33. The smallest absolute Gasteiger partial charge is 0.336 e. The molecule has 0 aliphatic heterocycles. The fraction of sp³-hybridized carbons (Fsp3) is 0.259. The highest BCUT2D eigenvalue weighted by atomic mass is 16.5. The van der Waals surface area contributed by atoms with Gasteiger partial charge in [0.2, 0.25) is 0 Å². The van der Waals surface area contributed by atoms with Crippen molar-refractivity contribution in [1.82, 2.24) is 0 Å². The minimum absolute atomic E-state index is 0.0450. The summed E-state index contributed by atoms with van der Waals surface area (Å²) in [7, 11) is 0. The van der Waals surface area contributed by atoms with Crippen LogP contribution in [0.2, 0.25) is 0 Å². The third kappa shape index (κ3) is 5.34. The Morgan fingerprint density at radius 1 is 0.970 bits per heavy atom. The Morgan fingerprint density at radius 2 is 1.79 bits per heavy atom. The zero-order chi connectivity index (χ0) is 23.2. The van der Waals surface area contributed by atoms with E-state index in [1.165, 1.54) is 12.1 Å². The van der Waals surface area contributed by atoms with E-state index >= 15 is 0 Å². The van der Waals surface area contributed by atoms with Gasteiger partial charge in [-0.25, -0.2) is 4.79 Å². The zero-order valence-electron chi connectivity index (χ0n) is 18.5. The summed E-state index contributed by atoms with van der Waals surface area (Å²) in [5, 5.41) is 11.8. The number of fused-ring (bicyclic) bond motifs is 1. The summed E-state index contributed by atoms with van der Waals surface area (Å²) in [6.07, 6.45) is 5.22. The highest BCUT2D eigenvalue weighted by molar-refractivity contribution is 5.94. The molecule has 4 aromatic rings. The van der Waals surface area contributed by atoms with Gasteiger partial charge < -0.3 is 23.5 Å². The molecule has 170 valence electrons. The molecule has 0 N–H and O–H groups in total. The maximum Gasteiger partial charge on any atom is 0.336 e. The van der Waals surface area contributed by atoms with Gasteiger partial charge in [0.25, 0.3) is 0 Å². The van der Waals surface area contributed by atoms with Crippen LogP contribution in [0, 0.1) is 0 Å². The Labute approximate surface area is 191 Å².